The number of nitrogens with one attached hydrogen (secondary N) is 2. The lowest BCUT2D eigenvalue weighted by Crippen LogP contribution is -2.53. The molecule has 0 saturated heterocycles. The van der Waals surface area contributed by atoms with Crippen LogP contribution < -0.4 is 10.6 Å². The molecule has 6 heteroatoms. The van der Waals surface area contributed by atoms with E-state index in [0.29, 0.717) is 18.9 Å². The third kappa shape index (κ3) is 5.75. The van der Waals surface area contributed by atoms with Gasteiger partial charge in [0.2, 0.25) is 0 Å². The van der Waals surface area contributed by atoms with Gasteiger partial charge in [0.05, 0.1) is 13.2 Å². The molecule has 1 saturated carbocycles. The first kappa shape index (κ1) is 23.1. The van der Waals surface area contributed by atoms with Gasteiger partial charge in [-0.15, -0.1) is 0 Å². The Labute approximate surface area is 163 Å². The average Bonchev–Trinajstić information content (AvgIpc) is 2.82. The highest BCUT2D eigenvalue weighted by atomic mass is 16.5. The van der Waals surface area contributed by atoms with Crippen molar-refractivity contribution in [2.24, 2.45) is 17.3 Å². The van der Waals surface area contributed by atoms with Gasteiger partial charge in [0, 0.05) is 12.0 Å². The summed E-state index contributed by atoms with van der Waals surface area (Å²) in [6, 6.07) is -0.568. The molecule has 0 spiro atoms. The van der Waals surface area contributed by atoms with Crippen LogP contribution in [0, 0.1) is 17.3 Å². The van der Waals surface area contributed by atoms with Gasteiger partial charge in [-0.3, -0.25) is 0 Å². The van der Waals surface area contributed by atoms with E-state index in [-0.39, 0.29) is 35.2 Å². The summed E-state index contributed by atoms with van der Waals surface area (Å²) in [5.41, 5.74) is 0.321. The second kappa shape index (κ2) is 10.4. The van der Waals surface area contributed by atoms with Crippen molar-refractivity contribution >= 4 is 11.9 Å². The highest BCUT2D eigenvalue weighted by molar-refractivity contribution is 5.87. The normalized spacial score (nSPS) is 25.9. The molecule has 0 aromatic carbocycles. The van der Waals surface area contributed by atoms with Gasteiger partial charge in [0.25, 0.3) is 0 Å². The molecule has 0 aromatic rings. The zero-order valence-electron chi connectivity index (χ0n) is 17.8. The molecular weight excluding hydrogens is 344 g/mol. The van der Waals surface area contributed by atoms with E-state index in [4.69, 9.17) is 9.47 Å². The number of rotatable bonds is 9. The third-order valence-corrected chi connectivity index (χ3v) is 5.20. The lowest BCUT2D eigenvalue weighted by Gasteiger charge is -2.37. The zero-order valence-corrected chi connectivity index (χ0v) is 17.8. The lowest BCUT2D eigenvalue weighted by atomic mass is 9.76. The predicted octanol–water partition coefficient (Wildman–Crippen LogP) is 3.15. The van der Waals surface area contributed by atoms with Crippen LogP contribution in [0.2, 0.25) is 0 Å². The highest BCUT2D eigenvalue weighted by Gasteiger charge is 2.52. The van der Waals surface area contributed by atoms with Crippen molar-refractivity contribution in [3.63, 3.8) is 0 Å². The van der Waals surface area contributed by atoms with E-state index < -0.39 is 6.04 Å². The van der Waals surface area contributed by atoms with Crippen molar-refractivity contribution < 1.29 is 19.1 Å². The maximum Gasteiger partial charge on any atom is 0.354 e. The first-order valence-electron chi connectivity index (χ1n) is 9.87. The molecule has 0 aromatic heterocycles. The molecule has 4 atom stereocenters. The first-order valence-corrected chi connectivity index (χ1v) is 9.87. The zero-order chi connectivity index (χ0) is 20.6. The number of ether oxygens (including phenoxy) is 2. The van der Waals surface area contributed by atoms with Gasteiger partial charge >= 0.3 is 11.9 Å². The van der Waals surface area contributed by atoms with E-state index in [9.17, 15) is 9.59 Å². The monoisotopic (exact) mass is 380 g/mol. The van der Waals surface area contributed by atoms with E-state index in [1.165, 1.54) is 0 Å². The lowest BCUT2D eigenvalue weighted by molar-refractivity contribution is -0.148. The molecule has 1 rings (SSSR count). The molecule has 0 bridgehead atoms. The van der Waals surface area contributed by atoms with Crippen LogP contribution in [0.3, 0.4) is 0 Å². The highest BCUT2D eigenvalue weighted by Crippen LogP contribution is 2.48. The molecule has 0 heterocycles. The molecule has 0 amide bonds. The van der Waals surface area contributed by atoms with Crippen LogP contribution in [-0.2, 0) is 19.1 Å². The van der Waals surface area contributed by atoms with Crippen LogP contribution in [-0.4, -0.2) is 37.2 Å². The van der Waals surface area contributed by atoms with E-state index in [0.717, 1.165) is 6.42 Å². The Morgan fingerprint density at radius 1 is 1.19 bits per heavy atom. The van der Waals surface area contributed by atoms with Crippen LogP contribution in [0.1, 0.15) is 54.9 Å². The van der Waals surface area contributed by atoms with Crippen molar-refractivity contribution in [1.82, 2.24) is 10.6 Å². The SMILES string of the molecule is CC=CNC(C(=O)OCC)C1C(NC(=CC)C(=O)OCC)C(C)CC1(C)C. The summed E-state index contributed by atoms with van der Waals surface area (Å²) in [6.45, 7) is 14.4. The Morgan fingerprint density at radius 2 is 1.81 bits per heavy atom. The van der Waals surface area contributed by atoms with Crippen LogP contribution in [0.25, 0.3) is 0 Å². The minimum absolute atomic E-state index is 0.0628. The van der Waals surface area contributed by atoms with Gasteiger partial charge in [-0.25, -0.2) is 9.59 Å². The summed E-state index contributed by atoms with van der Waals surface area (Å²) < 4.78 is 10.5. The van der Waals surface area contributed by atoms with Gasteiger partial charge in [-0.2, -0.15) is 0 Å². The predicted molar refractivity (Wildman–Crippen MR) is 107 cm³/mol. The first-order chi connectivity index (χ1) is 12.7. The van der Waals surface area contributed by atoms with Gasteiger partial charge in [0.15, 0.2) is 0 Å². The molecule has 4 unspecified atom stereocenters. The van der Waals surface area contributed by atoms with Crippen molar-refractivity contribution in [2.45, 2.75) is 67.0 Å². The van der Waals surface area contributed by atoms with Gasteiger partial charge in [-0.1, -0.05) is 32.9 Å². The summed E-state index contributed by atoms with van der Waals surface area (Å²) in [4.78, 5) is 25.0. The maximum absolute atomic E-state index is 12.7. The molecule has 27 heavy (non-hydrogen) atoms. The van der Waals surface area contributed by atoms with E-state index >= 15 is 0 Å². The van der Waals surface area contributed by atoms with Crippen molar-refractivity contribution in [3.8, 4) is 0 Å². The Balaban J connectivity index is 3.22. The average molecular weight is 381 g/mol. The topological polar surface area (TPSA) is 76.7 Å². The van der Waals surface area contributed by atoms with E-state index in [1.54, 1.807) is 33.0 Å². The second-order valence-corrected chi connectivity index (χ2v) is 7.69. The van der Waals surface area contributed by atoms with Crippen LogP contribution in [0.5, 0.6) is 0 Å². The number of hydrogen-bond acceptors (Lipinski definition) is 6. The number of carbonyl (C=O) groups is 2. The maximum atomic E-state index is 12.7. The Hall–Kier alpha value is -1.98. The summed E-state index contributed by atoms with van der Waals surface area (Å²) in [5, 5.41) is 6.59. The second-order valence-electron chi connectivity index (χ2n) is 7.69. The molecule has 1 aliphatic rings. The van der Waals surface area contributed by atoms with Crippen molar-refractivity contribution in [3.05, 3.63) is 24.0 Å². The molecule has 2 N–H and O–H groups in total. The van der Waals surface area contributed by atoms with Crippen LogP contribution in [0.15, 0.2) is 24.0 Å². The summed E-state index contributed by atoms with van der Waals surface area (Å²) in [6.07, 6.45) is 6.30. The quantitative estimate of drug-likeness (QED) is 0.473. The Kier molecular flexibility index (Phi) is 8.86. The standard InChI is InChI=1S/C21H36N2O4/c1-8-12-22-18(20(25)27-11-4)16-17(14(5)13-21(16,6)7)23-15(9-2)19(24)26-10-3/h8-9,12,14,16-18,22-23H,10-11,13H2,1-7H3. The minimum atomic E-state index is -0.501. The van der Waals surface area contributed by atoms with Crippen molar-refractivity contribution in [2.75, 3.05) is 13.2 Å². The smallest absolute Gasteiger partial charge is 0.354 e. The van der Waals surface area contributed by atoms with E-state index in [2.05, 4.69) is 31.4 Å². The largest absolute Gasteiger partial charge is 0.464 e. The summed E-state index contributed by atoms with van der Waals surface area (Å²) >= 11 is 0. The van der Waals surface area contributed by atoms with Gasteiger partial charge in [0.1, 0.15) is 11.7 Å². The molecule has 0 aliphatic heterocycles. The third-order valence-electron chi connectivity index (χ3n) is 5.20. The number of carbonyl (C=O) groups excluding carboxylic acids is 2. The van der Waals surface area contributed by atoms with Gasteiger partial charge < -0.3 is 20.1 Å². The summed E-state index contributed by atoms with van der Waals surface area (Å²) in [7, 11) is 0. The molecule has 154 valence electrons. The fourth-order valence-electron chi connectivity index (χ4n) is 4.22. The fraction of sp³-hybridized carbons (Fsp3) is 0.714. The number of hydrogen-bond donors (Lipinski definition) is 2. The summed E-state index contributed by atoms with van der Waals surface area (Å²) in [5.74, 6) is -0.427. The molecule has 6 nitrogen and oxygen atoms in total. The van der Waals surface area contributed by atoms with E-state index in [1.807, 2.05) is 13.0 Å². The molecule has 1 fully saturated rings. The Morgan fingerprint density at radius 3 is 2.33 bits per heavy atom. The fourth-order valence-corrected chi connectivity index (χ4v) is 4.22. The van der Waals surface area contributed by atoms with Crippen LogP contribution >= 0.6 is 0 Å². The van der Waals surface area contributed by atoms with Gasteiger partial charge in [-0.05, 0) is 51.6 Å². The number of esters is 2. The molecular formula is C21H36N2O4. The Bertz CT molecular complexity index is 569. The molecule has 0 radical (unpaired) electrons. The number of allylic oxidation sites excluding steroid dienone is 2. The molecule has 1 aliphatic carbocycles. The van der Waals surface area contributed by atoms with Crippen LogP contribution in [0.4, 0.5) is 0 Å². The van der Waals surface area contributed by atoms with Crippen molar-refractivity contribution in [1.29, 1.82) is 0 Å². The minimum Gasteiger partial charge on any atom is -0.464 e.